The number of piperidine rings is 1. The first-order valence-electron chi connectivity index (χ1n) is 7.44. The van der Waals surface area contributed by atoms with Crippen LogP contribution in [0, 0.1) is 5.92 Å². The van der Waals surface area contributed by atoms with Gasteiger partial charge in [0.2, 0.25) is 10.0 Å². The molecule has 0 unspecified atom stereocenters. The van der Waals surface area contributed by atoms with Gasteiger partial charge in [-0.15, -0.1) is 0 Å². The van der Waals surface area contributed by atoms with Crippen LogP contribution >= 0.6 is 0 Å². The summed E-state index contributed by atoms with van der Waals surface area (Å²) in [6, 6.07) is 5.51. The fraction of sp³-hybridized carbons (Fsp3) is 0.600. The first kappa shape index (κ1) is 13.9. The van der Waals surface area contributed by atoms with Crippen molar-refractivity contribution in [3.05, 3.63) is 23.8 Å². The molecule has 2 aliphatic heterocycles. The van der Waals surface area contributed by atoms with E-state index in [1.54, 1.807) is 10.4 Å². The smallest absolute Gasteiger partial charge is 0.243 e. The zero-order valence-corrected chi connectivity index (χ0v) is 12.7. The molecule has 0 spiro atoms. The summed E-state index contributed by atoms with van der Waals surface area (Å²) in [4.78, 5) is 0.453. The number of anilines is 1. The molecule has 0 atom stereocenters. The molecule has 1 saturated heterocycles. The third-order valence-electron chi connectivity index (χ3n) is 4.40. The standard InChI is InChI=1S/C15H22N2O2S/c1-12-6-9-17(10-7-12)20(18,19)14-4-5-15-13(11-14)3-2-8-16-15/h4-5,11-12,16H,2-3,6-10H2,1H3. The molecule has 3 rings (SSSR count). The van der Waals surface area contributed by atoms with E-state index in [4.69, 9.17) is 0 Å². The Morgan fingerprint density at radius 2 is 2.00 bits per heavy atom. The van der Waals surface area contributed by atoms with Gasteiger partial charge in [0.05, 0.1) is 4.90 Å². The molecule has 1 aromatic rings. The predicted octanol–water partition coefficient (Wildman–Crippen LogP) is 2.47. The lowest BCUT2D eigenvalue weighted by atomic mass is 10.0. The lowest BCUT2D eigenvalue weighted by molar-refractivity contribution is 0.288. The van der Waals surface area contributed by atoms with Gasteiger partial charge in [-0.2, -0.15) is 4.31 Å². The van der Waals surface area contributed by atoms with E-state index in [2.05, 4.69) is 12.2 Å². The Bertz CT molecular complexity index is 590. The minimum atomic E-state index is -3.31. The molecule has 2 aliphatic rings. The van der Waals surface area contributed by atoms with Crippen molar-refractivity contribution in [3.8, 4) is 0 Å². The monoisotopic (exact) mass is 294 g/mol. The van der Waals surface area contributed by atoms with Crippen molar-refractivity contribution in [2.45, 2.75) is 37.5 Å². The summed E-state index contributed by atoms with van der Waals surface area (Å²) in [5.41, 5.74) is 2.21. The van der Waals surface area contributed by atoms with Crippen molar-refractivity contribution in [2.75, 3.05) is 25.0 Å². The number of hydrogen-bond acceptors (Lipinski definition) is 3. The molecule has 1 fully saturated rings. The maximum Gasteiger partial charge on any atom is 0.243 e. The first-order chi connectivity index (χ1) is 9.57. The predicted molar refractivity (Wildman–Crippen MR) is 80.4 cm³/mol. The van der Waals surface area contributed by atoms with Gasteiger partial charge in [0, 0.05) is 25.3 Å². The number of sulfonamides is 1. The van der Waals surface area contributed by atoms with Crippen LogP contribution in [-0.4, -0.2) is 32.4 Å². The molecule has 20 heavy (non-hydrogen) atoms. The zero-order chi connectivity index (χ0) is 14.2. The molecular formula is C15H22N2O2S. The maximum absolute atomic E-state index is 12.7. The second-order valence-electron chi connectivity index (χ2n) is 5.94. The quantitative estimate of drug-likeness (QED) is 0.911. The van der Waals surface area contributed by atoms with E-state index in [1.807, 2.05) is 12.1 Å². The summed E-state index contributed by atoms with van der Waals surface area (Å²) in [7, 11) is -3.31. The highest BCUT2D eigenvalue weighted by atomic mass is 32.2. The van der Waals surface area contributed by atoms with Gasteiger partial charge in [-0.1, -0.05) is 6.92 Å². The summed E-state index contributed by atoms with van der Waals surface area (Å²) in [5, 5.41) is 3.32. The van der Waals surface area contributed by atoms with E-state index in [1.165, 1.54) is 0 Å². The molecule has 0 radical (unpaired) electrons. The maximum atomic E-state index is 12.7. The van der Waals surface area contributed by atoms with Crippen LogP contribution in [0.25, 0.3) is 0 Å². The molecule has 0 aliphatic carbocycles. The van der Waals surface area contributed by atoms with Crippen LogP contribution in [0.15, 0.2) is 23.1 Å². The number of fused-ring (bicyclic) bond motifs is 1. The third kappa shape index (κ3) is 2.56. The van der Waals surface area contributed by atoms with E-state index >= 15 is 0 Å². The van der Waals surface area contributed by atoms with Crippen molar-refractivity contribution in [1.82, 2.24) is 4.31 Å². The van der Waals surface area contributed by atoms with E-state index < -0.39 is 10.0 Å². The van der Waals surface area contributed by atoms with Crippen molar-refractivity contribution in [3.63, 3.8) is 0 Å². The lowest BCUT2D eigenvalue weighted by Crippen LogP contribution is -2.37. The normalized spacial score (nSPS) is 21.2. The van der Waals surface area contributed by atoms with Crippen molar-refractivity contribution in [1.29, 1.82) is 0 Å². The highest BCUT2D eigenvalue weighted by Crippen LogP contribution is 2.28. The molecule has 110 valence electrons. The van der Waals surface area contributed by atoms with Gasteiger partial charge in [0.15, 0.2) is 0 Å². The fourth-order valence-electron chi connectivity index (χ4n) is 2.99. The average molecular weight is 294 g/mol. The van der Waals surface area contributed by atoms with Gasteiger partial charge >= 0.3 is 0 Å². The van der Waals surface area contributed by atoms with E-state index in [9.17, 15) is 8.42 Å². The Labute approximate surface area is 121 Å². The number of nitrogens with zero attached hydrogens (tertiary/aromatic N) is 1. The molecule has 0 aromatic heterocycles. The summed E-state index contributed by atoms with van der Waals surface area (Å²) >= 11 is 0. The number of benzene rings is 1. The lowest BCUT2D eigenvalue weighted by Gasteiger charge is -2.29. The van der Waals surface area contributed by atoms with Crippen molar-refractivity contribution < 1.29 is 8.42 Å². The Hall–Kier alpha value is -1.07. The highest BCUT2D eigenvalue weighted by molar-refractivity contribution is 7.89. The topological polar surface area (TPSA) is 49.4 Å². The SMILES string of the molecule is CC1CCN(S(=O)(=O)c2ccc3c(c2)CCCN3)CC1. The van der Waals surface area contributed by atoms with Crippen LogP contribution < -0.4 is 5.32 Å². The number of hydrogen-bond donors (Lipinski definition) is 1. The van der Waals surface area contributed by atoms with E-state index in [-0.39, 0.29) is 0 Å². The molecule has 2 heterocycles. The minimum absolute atomic E-state index is 0.453. The second-order valence-corrected chi connectivity index (χ2v) is 7.87. The largest absolute Gasteiger partial charge is 0.385 e. The zero-order valence-electron chi connectivity index (χ0n) is 11.9. The van der Waals surface area contributed by atoms with Crippen molar-refractivity contribution in [2.24, 2.45) is 5.92 Å². The van der Waals surface area contributed by atoms with Crippen LogP contribution in [0.5, 0.6) is 0 Å². The Morgan fingerprint density at radius 3 is 2.75 bits per heavy atom. The van der Waals surface area contributed by atoms with Crippen LogP contribution in [0.4, 0.5) is 5.69 Å². The average Bonchev–Trinajstić information content (AvgIpc) is 2.47. The van der Waals surface area contributed by atoms with Crippen LogP contribution in [-0.2, 0) is 16.4 Å². The first-order valence-corrected chi connectivity index (χ1v) is 8.88. The molecule has 4 nitrogen and oxygen atoms in total. The van der Waals surface area contributed by atoms with Gasteiger partial charge < -0.3 is 5.32 Å². The fourth-order valence-corrected chi connectivity index (χ4v) is 4.51. The molecule has 0 saturated carbocycles. The summed E-state index contributed by atoms with van der Waals surface area (Å²) in [5.74, 6) is 0.634. The van der Waals surface area contributed by atoms with Crippen LogP contribution in [0.2, 0.25) is 0 Å². The molecule has 0 amide bonds. The van der Waals surface area contributed by atoms with E-state index in [0.717, 1.165) is 43.5 Å². The van der Waals surface area contributed by atoms with Gasteiger partial charge in [0.1, 0.15) is 0 Å². The highest BCUT2D eigenvalue weighted by Gasteiger charge is 2.28. The Balaban J connectivity index is 1.87. The van der Waals surface area contributed by atoms with Crippen LogP contribution in [0.3, 0.4) is 0 Å². The minimum Gasteiger partial charge on any atom is -0.385 e. The Kier molecular flexibility index (Phi) is 3.73. The second kappa shape index (κ2) is 5.37. The van der Waals surface area contributed by atoms with Crippen molar-refractivity contribution >= 4 is 15.7 Å². The molecule has 0 bridgehead atoms. The Morgan fingerprint density at radius 1 is 1.25 bits per heavy atom. The van der Waals surface area contributed by atoms with E-state index in [0.29, 0.717) is 23.9 Å². The van der Waals surface area contributed by atoms with Gasteiger partial charge in [-0.25, -0.2) is 8.42 Å². The van der Waals surface area contributed by atoms with Gasteiger partial charge in [-0.05, 0) is 55.4 Å². The number of rotatable bonds is 2. The molecular weight excluding hydrogens is 272 g/mol. The summed E-state index contributed by atoms with van der Waals surface area (Å²) < 4.78 is 27.0. The van der Waals surface area contributed by atoms with Gasteiger partial charge in [-0.3, -0.25) is 0 Å². The summed E-state index contributed by atoms with van der Waals surface area (Å²) in [6.45, 7) is 4.47. The molecule has 1 N–H and O–H groups in total. The molecule has 5 heteroatoms. The number of nitrogens with one attached hydrogen (secondary N) is 1. The molecule has 1 aromatic carbocycles. The number of aryl methyl sites for hydroxylation is 1. The third-order valence-corrected chi connectivity index (χ3v) is 6.29. The van der Waals surface area contributed by atoms with Gasteiger partial charge in [0.25, 0.3) is 0 Å². The summed E-state index contributed by atoms with van der Waals surface area (Å²) in [6.07, 6.45) is 3.96. The van der Waals surface area contributed by atoms with Crippen LogP contribution in [0.1, 0.15) is 31.7 Å².